The summed E-state index contributed by atoms with van der Waals surface area (Å²) in [5.74, 6) is 3.11. The van der Waals surface area contributed by atoms with E-state index in [1.54, 1.807) is 0 Å². The van der Waals surface area contributed by atoms with Gasteiger partial charge in [-0.05, 0) is 32.6 Å². The fourth-order valence-corrected chi connectivity index (χ4v) is 5.35. The molecule has 3 fully saturated rings. The lowest BCUT2D eigenvalue weighted by atomic mass is 9.97. The van der Waals surface area contributed by atoms with Crippen molar-refractivity contribution < 1.29 is 0 Å². The standard InChI is InChI=1S/C22H32N10/c1-15-11-20(30-29-15)26-19-14-21(31-9-6-24-7-10-31)28-22(27-19)25-16-12-17-3-4-18(13-16)32(17)8-2-5-23/h11,14,16-18,24H,2-4,6-10,12-13H2,1H3,(H3,25,26,27,28,29,30)/t16-,17-,18+. The van der Waals surface area contributed by atoms with Gasteiger partial charge in [-0.1, -0.05) is 0 Å². The second-order valence-corrected chi connectivity index (χ2v) is 9.08. The predicted molar refractivity (Wildman–Crippen MR) is 124 cm³/mol. The van der Waals surface area contributed by atoms with Crippen LogP contribution in [0.15, 0.2) is 12.1 Å². The molecule has 0 unspecified atom stereocenters. The van der Waals surface area contributed by atoms with Crippen LogP contribution in [-0.2, 0) is 0 Å². The van der Waals surface area contributed by atoms with Crippen molar-refractivity contribution in [2.75, 3.05) is 48.3 Å². The summed E-state index contributed by atoms with van der Waals surface area (Å²) in [6.07, 6.45) is 5.21. The van der Waals surface area contributed by atoms with Gasteiger partial charge in [0.05, 0.1) is 6.07 Å². The second-order valence-electron chi connectivity index (χ2n) is 9.08. The molecule has 0 spiro atoms. The molecule has 3 aliphatic heterocycles. The van der Waals surface area contributed by atoms with Gasteiger partial charge < -0.3 is 20.9 Å². The first-order chi connectivity index (χ1) is 15.7. The normalized spacial score (nSPS) is 25.5. The van der Waals surface area contributed by atoms with E-state index in [0.717, 1.165) is 68.7 Å². The van der Waals surface area contributed by atoms with Gasteiger partial charge in [0.1, 0.15) is 11.6 Å². The molecular formula is C22H32N10. The average Bonchev–Trinajstić information content (AvgIpc) is 3.31. The average molecular weight is 437 g/mol. The van der Waals surface area contributed by atoms with Crippen molar-refractivity contribution >= 4 is 23.4 Å². The van der Waals surface area contributed by atoms with Crippen LogP contribution in [0.4, 0.5) is 23.4 Å². The van der Waals surface area contributed by atoms with Crippen molar-refractivity contribution in [1.29, 1.82) is 5.26 Å². The number of aromatic nitrogens is 4. The minimum absolute atomic E-state index is 0.351. The van der Waals surface area contributed by atoms with Crippen molar-refractivity contribution in [2.45, 2.75) is 57.2 Å². The molecule has 5 rings (SSSR count). The first-order valence-electron chi connectivity index (χ1n) is 11.7. The largest absolute Gasteiger partial charge is 0.354 e. The highest BCUT2D eigenvalue weighted by molar-refractivity contribution is 5.60. The van der Waals surface area contributed by atoms with Crippen LogP contribution in [0.3, 0.4) is 0 Å². The first-order valence-corrected chi connectivity index (χ1v) is 11.7. The monoisotopic (exact) mass is 436 g/mol. The number of anilines is 4. The number of piperidine rings is 1. The van der Waals surface area contributed by atoms with Gasteiger partial charge in [0.2, 0.25) is 5.95 Å². The zero-order chi connectivity index (χ0) is 21.9. The molecule has 4 N–H and O–H groups in total. The van der Waals surface area contributed by atoms with Crippen molar-refractivity contribution in [1.82, 2.24) is 30.4 Å². The Morgan fingerprint density at radius 2 is 1.91 bits per heavy atom. The summed E-state index contributed by atoms with van der Waals surface area (Å²) >= 11 is 0. The third-order valence-electron chi connectivity index (χ3n) is 6.82. The number of hydrogen-bond donors (Lipinski definition) is 4. The number of aryl methyl sites for hydroxylation is 1. The Morgan fingerprint density at radius 3 is 2.59 bits per heavy atom. The second kappa shape index (κ2) is 9.30. The molecule has 0 aliphatic carbocycles. The van der Waals surface area contributed by atoms with Crippen LogP contribution >= 0.6 is 0 Å². The zero-order valence-electron chi connectivity index (χ0n) is 18.6. The van der Waals surface area contributed by atoms with E-state index < -0.39 is 0 Å². The van der Waals surface area contributed by atoms with Crippen LogP contribution in [0, 0.1) is 18.3 Å². The van der Waals surface area contributed by atoms with Gasteiger partial charge in [-0.15, -0.1) is 0 Å². The molecule has 0 amide bonds. The molecule has 0 saturated carbocycles. The summed E-state index contributed by atoms with van der Waals surface area (Å²) in [5.41, 5.74) is 1.00. The van der Waals surface area contributed by atoms with Crippen molar-refractivity contribution in [2.24, 2.45) is 0 Å². The minimum Gasteiger partial charge on any atom is -0.354 e. The summed E-state index contributed by atoms with van der Waals surface area (Å²) in [6, 6.07) is 7.74. The zero-order valence-corrected chi connectivity index (χ0v) is 18.6. The molecule has 0 aromatic carbocycles. The lowest BCUT2D eigenvalue weighted by Crippen LogP contribution is -2.47. The number of H-pyrrole nitrogens is 1. The van der Waals surface area contributed by atoms with E-state index in [1.807, 2.05) is 19.1 Å². The van der Waals surface area contributed by atoms with Crippen LogP contribution in [0.1, 0.15) is 37.8 Å². The molecule has 10 nitrogen and oxygen atoms in total. The molecule has 2 bridgehead atoms. The lowest BCUT2D eigenvalue weighted by molar-refractivity contribution is 0.135. The summed E-state index contributed by atoms with van der Waals surface area (Å²) < 4.78 is 0. The van der Waals surface area contributed by atoms with E-state index in [1.165, 1.54) is 12.8 Å². The van der Waals surface area contributed by atoms with Gasteiger partial charge in [0, 0.05) is 75.1 Å². The van der Waals surface area contributed by atoms with Crippen molar-refractivity contribution in [3.8, 4) is 6.07 Å². The Balaban J connectivity index is 1.33. The van der Waals surface area contributed by atoms with E-state index in [-0.39, 0.29) is 0 Å². The molecule has 0 radical (unpaired) electrons. The van der Waals surface area contributed by atoms with E-state index >= 15 is 0 Å². The van der Waals surface area contributed by atoms with Gasteiger partial charge in [0.25, 0.3) is 0 Å². The highest BCUT2D eigenvalue weighted by Gasteiger charge is 2.40. The summed E-state index contributed by atoms with van der Waals surface area (Å²) in [4.78, 5) is 14.5. The summed E-state index contributed by atoms with van der Waals surface area (Å²) in [6.45, 7) is 6.65. The van der Waals surface area contributed by atoms with E-state index in [0.29, 0.717) is 30.5 Å². The van der Waals surface area contributed by atoms with Crippen molar-refractivity contribution in [3.05, 3.63) is 17.8 Å². The number of hydrogen-bond acceptors (Lipinski definition) is 9. The molecule has 2 aromatic rings. The Bertz CT molecular complexity index is 946. The first kappa shape index (κ1) is 21.0. The minimum atomic E-state index is 0.351. The van der Waals surface area contributed by atoms with Crippen LogP contribution in [0.25, 0.3) is 0 Å². The number of aromatic amines is 1. The maximum Gasteiger partial charge on any atom is 0.226 e. The molecular weight excluding hydrogens is 404 g/mol. The summed E-state index contributed by atoms with van der Waals surface area (Å²) in [7, 11) is 0. The quantitative estimate of drug-likeness (QED) is 0.516. The Labute approximate surface area is 188 Å². The van der Waals surface area contributed by atoms with Gasteiger partial charge in [-0.3, -0.25) is 10.00 Å². The highest BCUT2D eigenvalue weighted by Crippen LogP contribution is 2.36. The predicted octanol–water partition coefficient (Wildman–Crippen LogP) is 1.98. The molecule has 10 heteroatoms. The molecule has 32 heavy (non-hydrogen) atoms. The topological polar surface area (TPSA) is 121 Å². The molecule has 3 saturated heterocycles. The molecule has 5 heterocycles. The van der Waals surface area contributed by atoms with Crippen molar-refractivity contribution in [3.63, 3.8) is 0 Å². The number of piperazine rings is 1. The number of rotatable bonds is 7. The van der Waals surface area contributed by atoms with Crippen LogP contribution < -0.4 is 20.9 Å². The van der Waals surface area contributed by atoms with Gasteiger partial charge in [0.15, 0.2) is 5.82 Å². The Hall–Kier alpha value is -2.90. The van der Waals surface area contributed by atoms with E-state index in [9.17, 15) is 0 Å². The number of nitriles is 1. The molecule has 3 atom stereocenters. The fraction of sp³-hybridized carbons (Fsp3) is 0.636. The highest BCUT2D eigenvalue weighted by atomic mass is 15.3. The van der Waals surface area contributed by atoms with E-state index in [4.69, 9.17) is 15.2 Å². The maximum atomic E-state index is 8.98. The summed E-state index contributed by atoms with van der Waals surface area (Å²) in [5, 5.41) is 26.6. The molecule has 3 aliphatic rings. The Morgan fingerprint density at radius 1 is 1.12 bits per heavy atom. The van der Waals surface area contributed by atoms with Crippen LogP contribution in [0.5, 0.6) is 0 Å². The SMILES string of the molecule is Cc1cc(Nc2cc(N3CCNCC3)nc(N[C@@H]3C[C@H]4CC[C@@H](C3)N4CCC#N)n2)n[nH]1. The van der Waals surface area contributed by atoms with E-state index in [2.05, 4.69) is 42.0 Å². The maximum absolute atomic E-state index is 8.98. The third-order valence-corrected chi connectivity index (χ3v) is 6.82. The van der Waals surface area contributed by atoms with Crippen LogP contribution in [-0.4, -0.2) is 75.9 Å². The Kier molecular flexibility index (Phi) is 6.10. The number of fused-ring (bicyclic) bond motifs is 2. The number of nitrogens with zero attached hydrogens (tertiary/aromatic N) is 6. The van der Waals surface area contributed by atoms with Crippen LogP contribution in [0.2, 0.25) is 0 Å². The third kappa shape index (κ3) is 4.64. The molecule has 170 valence electrons. The smallest absolute Gasteiger partial charge is 0.226 e. The molecule has 2 aromatic heterocycles. The van der Waals surface area contributed by atoms with Gasteiger partial charge in [-0.25, -0.2) is 0 Å². The van der Waals surface area contributed by atoms with Gasteiger partial charge >= 0.3 is 0 Å². The fourth-order valence-electron chi connectivity index (χ4n) is 5.35. The lowest BCUT2D eigenvalue weighted by Gasteiger charge is -2.39. The van der Waals surface area contributed by atoms with Gasteiger partial charge in [-0.2, -0.15) is 20.3 Å². The number of nitrogens with one attached hydrogen (secondary N) is 4.